The first-order valence-corrected chi connectivity index (χ1v) is 6.12. The van der Waals surface area contributed by atoms with Crippen molar-refractivity contribution >= 4 is 5.69 Å². The summed E-state index contributed by atoms with van der Waals surface area (Å²) in [6.07, 6.45) is 1.09. The lowest BCUT2D eigenvalue weighted by Crippen LogP contribution is -2.39. The highest BCUT2D eigenvalue weighted by molar-refractivity contribution is 5.45. The van der Waals surface area contributed by atoms with E-state index >= 15 is 0 Å². The smallest absolute Gasteiger partial charge is 0.125 e. The van der Waals surface area contributed by atoms with Gasteiger partial charge in [-0.05, 0) is 37.1 Å². The third-order valence-electron chi connectivity index (χ3n) is 3.32. The fraction of sp³-hybridized carbons (Fsp3) is 0.571. The monoisotopic (exact) mass is 238 g/mol. The van der Waals surface area contributed by atoms with Crippen molar-refractivity contribution in [3.8, 4) is 0 Å². The van der Waals surface area contributed by atoms with Gasteiger partial charge in [0.1, 0.15) is 5.82 Å². The molecule has 1 atom stereocenters. The minimum absolute atomic E-state index is 0.179. The molecule has 0 bridgehead atoms. The van der Waals surface area contributed by atoms with Crippen molar-refractivity contribution in [1.82, 2.24) is 5.32 Å². The van der Waals surface area contributed by atoms with Gasteiger partial charge in [-0.3, -0.25) is 0 Å². The molecular formula is C14H23FN2. The van der Waals surface area contributed by atoms with Crippen molar-refractivity contribution < 1.29 is 4.39 Å². The Hall–Kier alpha value is -1.09. The average molecular weight is 238 g/mol. The van der Waals surface area contributed by atoms with E-state index in [0.717, 1.165) is 25.2 Å². The van der Waals surface area contributed by atoms with E-state index in [1.807, 2.05) is 20.2 Å². The molecule has 96 valence electrons. The second-order valence-electron chi connectivity index (χ2n) is 5.03. The Balaban J connectivity index is 2.73. The molecule has 0 aliphatic heterocycles. The standard InChI is InChI=1S/C14H23FN2/c1-5-14(2,10-16-3)11-17(4)13-8-6-7-12(15)9-13/h6-9,16H,5,10-11H2,1-4H3. The van der Waals surface area contributed by atoms with Gasteiger partial charge >= 0.3 is 0 Å². The Morgan fingerprint density at radius 2 is 2.12 bits per heavy atom. The SMILES string of the molecule is CCC(C)(CNC)CN(C)c1cccc(F)c1. The van der Waals surface area contributed by atoms with E-state index in [1.54, 1.807) is 12.1 Å². The van der Waals surface area contributed by atoms with Gasteiger partial charge in [-0.25, -0.2) is 4.39 Å². The van der Waals surface area contributed by atoms with E-state index < -0.39 is 0 Å². The molecule has 0 saturated heterocycles. The summed E-state index contributed by atoms with van der Waals surface area (Å²) in [5.74, 6) is -0.179. The minimum Gasteiger partial charge on any atom is -0.374 e. The van der Waals surface area contributed by atoms with Crippen LogP contribution in [0.4, 0.5) is 10.1 Å². The van der Waals surface area contributed by atoms with Gasteiger partial charge in [-0.15, -0.1) is 0 Å². The van der Waals surface area contributed by atoms with Crippen LogP contribution in [0.2, 0.25) is 0 Å². The fourth-order valence-corrected chi connectivity index (χ4v) is 2.10. The van der Waals surface area contributed by atoms with Gasteiger partial charge in [0.05, 0.1) is 0 Å². The molecule has 0 radical (unpaired) electrons. The number of hydrogen-bond donors (Lipinski definition) is 1. The third kappa shape index (κ3) is 4.00. The first-order valence-electron chi connectivity index (χ1n) is 6.12. The second-order valence-corrected chi connectivity index (χ2v) is 5.03. The van der Waals surface area contributed by atoms with Crippen molar-refractivity contribution in [2.75, 3.05) is 32.1 Å². The molecule has 0 heterocycles. The van der Waals surface area contributed by atoms with E-state index in [4.69, 9.17) is 0 Å². The minimum atomic E-state index is -0.179. The molecule has 1 aromatic rings. The molecule has 0 saturated carbocycles. The van der Waals surface area contributed by atoms with E-state index in [1.165, 1.54) is 6.07 Å². The zero-order chi connectivity index (χ0) is 12.9. The predicted octanol–water partition coefficient (Wildman–Crippen LogP) is 2.90. The summed E-state index contributed by atoms with van der Waals surface area (Å²) in [6.45, 7) is 6.31. The van der Waals surface area contributed by atoms with Crippen LogP contribution in [0.25, 0.3) is 0 Å². The highest BCUT2D eigenvalue weighted by atomic mass is 19.1. The maximum Gasteiger partial charge on any atom is 0.125 e. The molecule has 1 aromatic carbocycles. The Kier molecular flexibility index (Phi) is 4.94. The van der Waals surface area contributed by atoms with Crippen LogP contribution in [0.3, 0.4) is 0 Å². The number of halogens is 1. The largest absolute Gasteiger partial charge is 0.374 e. The number of nitrogens with zero attached hydrogens (tertiary/aromatic N) is 1. The maximum absolute atomic E-state index is 13.2. The number of nitrogens with one attached hydrogen (secondary N) is 1. The molecule has 3 heteroatoms. The first kappa shape index (κ1) is 14.0. The van der Waals surface area contributed by atoms with Crippen LogP contribution in [-0.2, 0) is 0 Å². The Morgan fingerprint density at radius 3 is 2.65 bits per heavy atom. The van der Waals surface area contributed by atoms with E-state index in [-0.39, 0.29) is 11.2 Å². The Labute approximate surface area is 104 Å². The molecular weight excluding hydrogens is 215 g/mol. The molecule has 0 aliphatic carbocycles. The third-order valence-corrected chi connectivity index (χ3v) is 3.32. The summed E-state index contributed by atoms with van der Waals surface area (Å²) in [5, 5.41) is 3.23. The van der Waals surface area contributed by atoms with E-state index in [0.29, 0.717) is 0 Å². The highest BCUT2D eigenvalue weighted by Gasteiger charge is 2.23. The number of hydrogen-bond acceptors (Lipinski definition) is 2. The Bertz CT molecular complexity index is 354. The molecule has 1 rings (SSSR count). The summed E-state index contributed by atoms with van der Waals surface area (Å²) < 4.78 is 13.2. The lowest BCUT2D eigenvalue weighted by atomic mass is 9.87. The van der Waals surface area contributed by atoms with E-state index in [9.17, 15) is 4.39 Å². The molecule has 1 unspecified atom stereocenters. The molecule has 17 heavy (non-hydrogen) atoms. The molecule has 0 amide bonds. The molecule has 0 fully saturated rings. The van der Waals surface area contributed by atoms with Gasteiger partial charge in [0.25, 0.3) is 0 Å². The van der Waals surface area contributed by atoms with Gasteiger partial charge in [-0.2, -0.15) is 0 Å². The van der Waals surface area contributed by atoms with Gasteiger partial charge in [0, 0.05) is 25.8 Å². The van der Waals surface area contributed by atoms with Crippen molar-refractivity contribution in [3.63, 3.8) is 0 Å². The second kappa shape index (κ2) is 6.01. The molecule has 1 N–H and O–H groups in total. The zero-order valence-electron chi connectivity index (χ0n) is 11.3. The number of benzene rings is 1. The van der Waals surface area contributed by atoms with Crippen LogP contribution in [0.1, 0.15) is 20.3 Å². The number of anilines is 1. The van der Waals surface area contributed by atoms with Gasteiger partial charge < -0.3 is 10.2 Å². The quantitative estimate of drug-likeness (QED) is 0.819. The van der Waals surface area contributed by atoms with Crippen molar-refractivity contribution in [1.29, 1.82) is 0 Å². The Morgan fingerprint density at radius 1 is 1.41 bits per heavy atom. The summed E-state index contributed by atoms with van der Waals surface area (Å²) >= 11 is 0. The zero-order valence-corrected chi connectivity index (χ0v) is 11.3. The summed E-state index contributed by atoms with van der Waals surface area (Å²) in [7, 11) is 3.98. The first-order chi connectivity index (χ1) is 8.00. The molecule has 2 nitrogen and oxygen atoms in total. The highest BCUT2D eigenvalue weighted by Crippen LogP contribution is 2.24. The van der Waals surface area contributed by atoms with Crippen LogP contribution in [0.15, 0.2) is 24.3 Å². The van der Waals surface area contributed by atoms with Crippen LogP contribution in [0.5, 0.6) is 0 Å². The normalized spacial score (nSPS) is 14.4. The lowest BCUT2D eigenvalue weighted by molar-refractivity contribution is 0.308. The van der Waals surface area contributed by atoms with E-state index in [2.05, 4.69) is 24.1 Å². The van der Waals surface area contributed by atoms with Crippen molar-refractivity contribution in [3.05, 3.63) is 30.1 Å². The summed E-state index contributed by atoms with van der Waals surface area (Å²) in [4.78, 5) is 2.12. The molecule has 0 spiro atoms. The van der Waals surface area contributed by atoms with Gasteiger partial charge in [0.2, 0.25) is 0 Å². The van der Waals surface area contributed by atoms with Crippen LogP contribution in [-0.4, -0.2) is 27.2 Å². The average Bonchev–Trinajstić information content (AvgIpc) is 2.29. The molecule has 0 aliphatic rings. The number of rotatable bonds is 6. The molecule has 0 aromatic heterocycles. The summed E-state index contributed by atoms with van der Waals surface area (Å²) in [6, 6.07) is 6.75. The maximum atomic E-state index is 13.2. The lowest BCUT2D eigenvalue weighted by Gasteiger charge is -2.34. The summed E-state index contributed by atoms with van der Waals surface area (Å²) in [5.41, 5.74) is 1.14. The topological polar surface area (TPSA) is 15.3 Å². The van der Waals surface area contributed by atoms with Crippen LogP contribution < -0.4 is 10.2 Å². The van der Waals surface area contributed by atoms with Gasteiger partial charge in [-0.1, -0.05) is 19.9 Å². The fourth-order valence-electron chi connectivity index (χ4n) is 2.10. The predicted molar refractivity (Wildman–Crippen MR) is 72.0 cm³/mol. The van der Waals surface area contributed by atoms with Gasteiger partial charge in [0.15, 0.2) is 0 Å². The van der Waals surface area contributed by atoms with Crippen molar-refractivity contribution in [2.45, 2.75) is 20.3 Å². The van der Waals surface area contributed by atoms with Crippen LogP contribution in [0, 0.1) is 11.2 Å². The van der Waals surface area contributed by atoms with Crippen LogP contribution >= 0.6 is 0 Å². The van der Waals surface area contributed by atoms with Crippen molar-refractivity contribution in [2.24, 2.45) is 5.41 Å².